The minimum absolute atomic E-state index is 0.119. The molecule has 0 saturated heterocycles. The van der Waals surface area contributed by atoms with Gasteiger partial charge in [0.1, 0.15) is 0 Å². The van der Waals surface area contributed by atoms with E-state index in [9.17, 15) is 20.4 Å². The fourth-order valence-corrected chi connectivity index (χ4v) is 2.96. The van der Waals surface area contributed by atoms with Crippen molar-refractivity contribution in [3.63, 3.8) is 0 Å². The van der Waals surface area contributed by atoms with Gasteiger partial charge in [-0.3, -0.25) is 0 Å². The fraction of sp³-hybridized carbons (Fsp3) is 0.333. The van der Waals surface area contributed by atoms with E-state index in [2.05, 4.69) is 72.0 Å². The summed E-state index contributed by atoms with van der Waals surface area (Å²) in [4.78, 5) is 9.18. The molecule has 2 rings (SSSR count). The van der Waals surface area contributed by atoms with Crippen LogP contribution < -0.4 is 20.4 Å². The van der Waals surface area contributed by atoms with Crippen LogP contribution in [0.2, 0.25) is 19.8 Å². The Kier molecular flexibility index (Phi) is 21.2. The normalized spacial score (nSPS) is 11.3. The zero-order chi connectivity index (χ0) is 27.3. The second kappa shape index (κ2) is 21.9. The summed E-state index contributed by atoms with van der Waals surface area (Å²) in [6.45, 7) is 0. The van der Waals surface area contributed by atoms with Gasteiger partial charge in [0.2, 0.25) is 0 Å². The summed E-state index contributed by atoms with van der Waals surface area (Å²) in [6.07, 6.45) is 3.56. The molecule has 0 heterocycles. The number of unbranched alkanes of at least 4 members (excludes halogenated alkanes) is 1. The Bertz CT molecular complexity index is 954. The summed E-state index contributed by atoms with van der Waals surface area (Å²) in [6, 6.07) is 9.16. The van der Waals surface area contributed by atoms with Gasteiger partial charge in [0, 0.05) is 8.95 Å². The van der Waals surface area contributed by atoms with Gasteiger partial charge in [-0.1, -0.05) is 55.5 Å². The summed E-state index contributed by atoms with van der Waals surface area (Å²) in [5.41, 5.74) is 0.640. The molecule has 12 heteroatoms. The zero-order valence-corrected chi connectivity index (χ0v) is 29.5. The Morgan fingerprint density at radius 2 is 1.06 bits per heavy atom. The first-order valence-corrected chi connectivity index (χ1v) is 23.8. The van der Waals surface area contributed by atoms with E-state index in [-0.39, 0.29) is 66.6 Å². The average Bonchev–Trinajstić information content (AvgIpc) is 2.82. The van der Waals surface area contributed by atoms with Crippen LogP contribution >= 0.6 is 31.9 Å². The minimum atomic E-state index is -0.450. The van der Waals surface area contributed by atoms with Crippen molar-refractivity contribution in [3.05, 3.63) is 56.5 Å². The maximum atomic E-state index is 11.7. The molecule has 0 aliphatic heterocycles. The standard InChI is InChI=1S/C20H20Br2N4O4.4CH3.2Sn/c21-15-5-7-17(27)13(9-15)11-23-25-19(29)3-1-2-4-20(30)26-24-12-14-10-16(22)6-8-18(14)28;;;;;;/h5-12,27-28H,1-4H2,(H,25,29)(H,26,30);4*1H3;;/q;;;;;2*+2/p-4/b23-11+,24-12+;;;;;;. The van der Waals surface area contributed by atoms with Crippen LogP contribution in [0.25, 0.3) is 0 Å². The van der Waals surface area contributed by atoms with Gasteiger partial charge in [-0.2, -0.15) is 20.4 Å². The van der Waals surface area contributed by atoms with Crippen LogP contribution in [0.1, 0.15) is 36.8 Å². The van der Waals surface area contributed by atoms with Crippen molar-refractivity contribution in [1.82, 2.24) is 0 Å². The molecule has 36 heavy (non-hydrogen) atoms. The third-order valence-corrected chi connectivity index (χ3v) is 4.69. The molecule has 0 fully saturated rings. The fourth-order valence-electron chi connectivity index (χ4n) is 2.20. The average molecular weight is 834 g/mol. The summed E-state index contributed by atoms with van der Waals surface area (Å²) in [7, 11) is 0. The molecule has 0 radical (unpaired) electrons. The van der Waals surface area contributed by atoms with Crippen LogP contribution in [0.5, 0.6) is 11.5 Å². The molecule has 0 amide bonds. The molecule has 0 bridgehead atoms. The van der Waals surface area contributed by atoms with Crippen molar-refractivity contribution >= 4 is 98.4 Å². The summed E-state index contributed by atoms with van der Waals surface area (Å²) in [5, 5.41) is 60.9. The molecule has 190 valence electrons. The van der Waals surface area contributed by atoms with E-state index in [0.29, 0.717) is 24.0 Å². The quantitative estimate of drug-likeness (QED) is 0.126. The third-order valence-electron chi connectivity index (χ3n) is 3.71. The zero-order valence-electron chi connectivity index (χ0n) is 20.6. The molecule has 0 spiro atoms. The van der Waals surface area contributed by atoms with E-state index in [1.165, 1.54) is 24.6 Å². The number of hydrogen-bond donors (Lipinski definition) is 0. The van der Waals surface area contributed by atoms with E-state index >= 15 is 0 Å². The van der Waals surface area contributed by atoms with Gasteiger partial charge in [-0.15, -0.1) is 0 Å². The number of hydrogen-bond acceptors (Lipinski definition) is 8. The van der Waals surface area contributed by atoms with Crippen molar-refractivity contribution in [2.24, 2.45) is 20.4 Å². The third kappa shape index (κ3) is 17.4. The van der Waals surface area contributed by atoms with Crippen LogP contribution in [0.4, 0.5) is 0 Å². The van der Waals surface area contributed by atoms with Crippen molar-refractivity contribution in [1.29, 1.82) is 0 Å². The molecule has 0 aliphatic carbocycles. The molecule has 0 aromatic heterocycles. The van der Waals surface area contributed by atoms with Gasteiger partial charge in [0.05, 0.1) is 12.4 Å². The molecular weight excluding hydrogens is 806 g/mol. The van der Waals surface area contributed by atoms with Crippen LogP contribution in [0.3, 0.4) is 0 Å². The first kappa shape index (κ1) is 34.9. The number of rotatable bonds is 9. The van der Waals surface area contributed by atoms with Gasteiger partial charge in [-0.25, -0.2) is 0 Å². The smallest absolute Gasteiger partial charge is 0.0561 e. The van der Waals surface area contributed by atoms with Gasteiger partial charge < -0.3 is 20.4 Å². The molecule has 2 aromatic rings. The first-order chi connectivity index (χ1) is 17.2. The Balaban J connectivity index is 0.00000185. The maximum Gasteiger partial charge on any atom is 0.0561 e. The SMILES string of the molecule is [CH3][Sn+2][CH3].[CH3][Sn+2][CH3].[O-]/C(CCCC/C([O-])=N/N=C/c1cc(Br)ccc1[O-])=N\N=C\c1cc(Br)ccc1[O-]. The minimum Gasteiger partial charge on any atom is -0.872 e. The molecule has 0 saturated carbocycles. The summed E-state index contributed by atoms with van der Waals surface area (Å²) in [5.74, 6) is -1.34. The topological polar surface area (TPSA) is 142 Å². The largest absolute Gasteiger partial charge is 0.872 e. The van der Waals surface area contributed by atoms with Crippen LogP contribution in [0.15, 0.2) is 65.7 Å². The van der Waals surface area contributed by atoms with Crippen molar-refractivity contribution < 1.29 is 20.4 Å². The van der Waals surface area contributed by atoms with Gasteiger partial charge >= 0.3 is 62.0 Å². The summed E-state index contributed by atoms with van der Waals surface area (Å²) >= 11 is 6.95. The van der Waals surface area contributed by atoms with E-state index in [4.69, 9.17) is 0 Å². The van der Waals surface area contributed by atoms with Crippen molar-refractivity contribution in [2.45, 2.75) is 45.4 Å². The monoisotopic (exact) mass is 834 g/mol. The van der Waals surface area contributed by atoms with Crippen LogP contribution in [0, 0.1) is 0 Å². The molecular formula is C24H28Br2N4O4Sn2. The Morgan fingerprint density at radius 1 is 0.722 bits per heavy atom. The van der Waals surface area contributed by atoms with E-state index in [1.807, 2.05) is 0 Å². The van der Waals surface area contributed by atoms with Gasteiger partial charge in [0.25, 0.3) is 0 Å². The Hall–Kier alpha value is -1.12. The summed E-state index contributed by atoms with van der Waals surface area (Å²) < 4.78 is 1.44. The van der Waals surface area contributed by atoms with Crippen molar-refractivity contribution in [2.75, 3.05) is 0 Å². The second-order valence-corrected chi connectivity index (χ2v) is 14.6. The number of benzene rings is 2. The molecule has 0 unspecified atom stereocenters. The first-order valence-electron chi connectivity index (χ1n) is 10.8. The molecule has 2 aromatic carbocycles. The predicted octanol–water partition coefficient (Wildman–Crippen LogP) is 3.38. The molecule has 0 N–H and O–H groups in total. The van der Waals surface area contributed by atoms with Crippen LogP contribution in [-0.2, 0) is 0 Å². The predicted molar refractivity (Wildman–Crippen MR) is 151 cm³/mol. The van der Waals surface area contributed by atoms with Gasteiger partial charge in [-0.05, 0) is 72.9 Å². The Labute approximate surface area is 250 Å². The molecule has 0 atom stereocenters. The van der Waals surface area contributed by atoms with Crippen LogP contribution in [-0.4, -0.2) is 66.5 Å². The Morgan fingerprint density at radius 3 is 1.39 bits per heavy atom. The van der Waals surface area contributed by atoms with Gasteiger partial charge in [0.15, 0.2) is 0 Å². The second-order valence-electron chi connectivity index (χ2n) is 7.05. The molecule has 8 nitrogen and oxygen atoms in total. The van der Waals surface area contributed by atoms with E-state index in [0.717, 1.165) is 8.95 Å². The number of halogens is 2. The van der Waals surface area contributed by atoms with Crippen molar-refractivity contribution in [3.8, 4) is 11.5 Å². The molecule has 0 aliphatic rings. The van der Waals surface area contributed by atoms with E-state index in [1.54, 1.807) is 24.3 Å². The van der Waals surface area contributed by atoms with E-state index < -0.39 is 11.8 Å². The number of nitrogens with zero attached hydrogens (tertiary/aromatic N) is 4. The maximum absolute atomic E-state index is 11.7.